The molecule has 0 saturated heterocycles. The molecule has 0 spiro atoms. The fourth-order valence-corrected chi connectivity index (χ4v) is 0.857. The lowest BCUT2D eigenvalue weighted by atomic mass is 10.3. The normalized spacial score (nSPS) is 9.92. The van der Waals surface area contributed by atoms with Crippen molar-refractivity contribution in [3.63, 3.8) is 0 Å². The molecule has 0 aliphatic rings. The van der Waals surface area contributed by atoms with Gasteiger partial charge in [-0.15, -0.1) is 0 Å². The monoisotopic (exact) mass is 199 g/mol. The highest BCUT2D eigenvalue weighted by Crippen LogP contribution is 2.08. The standard InChI is InChI=1S/C8H9NOS2/c10-7(8(11)12)9-6-4-2-1-3-5-6/h1-5,8,11-12H,(H,9,10). The van der Waals surface area contributed by atoms with E-state index in [-0.39, 0.29) is 5.91 Å². The Morgan fingerprint density at radius 3 is 2.33 bits per heavy atom. The summed E-state index contributed by atoms with van der Waals surface area (Å²) in [6.45, 7) is 0. The van der Waals surface area contributed by atoms with Crippen LogP contribution in [0.25, 0.3) is 0 Å². The third-order valence-corrected chi connectivity index (χ3v) is 1.74. The first-order valence-electron chi connectivity index (χ1n) is 3.42. The molecule has 0 radical (unpaired) electrons. The fraction of sp³-hybridized carbons (Fsp3) is 0.125. The molecule has 0 fully saturated rings. The molecule has 64 valence electrons. The SMILES string of the molecule is O=C(Nc1ccccc1)C(S)S. The van der Waals surface area contributed by atoms with E-state index in [1.54, 1.807) is 0 Å². The van der Waals surface area contributed by atoms with Crippen LogP contribution >= 0.6 is 25.3 Å². The summed E-state index contributed by atoms with van der Waals surface area (Å²) in [7, 11) is 0. The van der Waals surface area contributed by atoms with Gasteiger partial charge in [0.15, 0.2) is 0 Å². The van der Waals surface area contributed by atoms with Crippen molar-refractivity contribution in [1.82, 2.24) is 0 Å². The molecule has 4 heteroatoms. The number of rotatable bonds is 2. The highest BCUT2D eigenvalue weighted by Gasteiger charge is 2.07. The summed E-state index contributed by atoms with van der Waals surface area (Å²) < 4.78 is -0.579. The lowest BCUT2D eigenvalue weighted by Crippen LogP contribution is -2.18. The predicted octanol–water partition coefficient (Wildman–Crippen LogP) is 1.81. The van der Waals surface area contributed by atoms with Crippen molar-refractivity contribution >= 4 is 36.9 Å². The third kappa shape index (κ3) is 2.79. The molecular formula is C8H9NOS2. The second kappa shape index (κ2) is 4.42. The third-order valence-electron chi connectivity index (χ3n) is 1.28. The summed E-state index contributed by atoms with van der Waals surface area (Å²) >= 11 is 7.75. The Balaban J connectivity index is 2.59. The zero-order valence-corrected chi connectivity index (χ0v) is 8.06. The van der Waals surface area contributed by atoms with Crippen LogP contribution in [0.15, 0.2) is 30.3 Å². The summed E-state index contributed by atoms with van der Waals surface area (Å²) in [5, 5.41) is 2.65. The Bertz CT molecular complexity index is 261. The van der Waals surface area contributed by atoms with Gasteiger partial charge in [-0.05, 0) is 12.1 Å². The van der Waals surface area contributed by atoms with Crippen molar-refractivity contribution in [2.75, 3.05) is 5.32 Å². The number of hydrogen-bond donors (Lipinski definition) is 3. The zero-order chi connectivity index (χ0) is 8.97. The molecule has 0 aliphatic carbocycles. The maximum Gasteiger partial charge on any atom is 0.247 e. The van der Waals surface area contributed by atoms with Gasteiger partial charge in [-0.25, -0.2) is 0 Å². The van der Waals surface area contributed by atoms with Crippen LogP contribution in [0.3, 0.4) is 0 Å². The predicted molar refractivity (Wildman–Crippen MR) is 56.8 cm³/mol. The number of carbonyl (C=O) groups is 1. The molecule has 2 nitrogen and oxygen atoms in total. The van der Waals surface area contributed by atoms with E-state index in [0.717, 1.165) is 5.69 Å². The van der Waals surface area contributed by atoms with Gasteiger partial charge in [-0.3, -0.25) is 4.79 Å². The van der Waals surface area contributed by atoms with Gasteiger partial charge in [0, 0.05) is 5.69 Å². The van der Waals surface area contributed by atoms with Gasteiger partial charge in [0.05, 0.1) is 0 Å². The maximum atomic E-state index is 11.0. The summed E-state index contributed by atoms with van der Waals surface area (Å²) in [5.41, 5.74) is 0.760. The Hall–Kier alpha value is -0.610. The van der Waals surface area contributed by atoms with Gasteiger partial charge in [0.2, 0.25) is 5.91 Å². The van der Waals surface area contributed by atoms with Crippen molar-refractivity contribution in [2.45, 2.75) is 4.58 Å². The number of hydrogen-bond acceptors (Lipinski definition) is 3. The minimum absolute atomic E-state index is 0.215. The van der Waals surface area contributed by atoms with Crippen LogP contribution in [0.5, 0.6) is 0 Å². The van der Waals surface area contributed by atoms with Gasteiger partial charge < -0.3 is 5.32 Å². The number of nitrogens with one attached hydrogen (secondary N) is 1. The summed E-state index contributed by atoms with van der Waals surface area (Å²) in [5.74, 6) is -0.215. The van der Waals surface area contributed by atoms with Crippen molar-refractivity contribution in [3.8, 4) is 0 Å². The van der Waals surface area contributed by atoms with Gasteiger partial charge in [-0.1, -0.05) is 18.2 Å². The van der Waals surface area contributed by atoms with Crippen molar-refractivity contribution in [2.24, 2.45) is 0 Å². The molecule has 0 saturated carbocycles. The summed E-state index contributed by atoms with van der Waals surface area (Å²) in [6, 6.07) is 9.20. The maximum absolute atomic E-state index is 11.0. The lowest BCUT2D eigenvalue weighted by molar-refractivity contribution is -0.114. The minimum Gasteiger partial charge on any atom is -0.324 e. The van der Waals surface area contributed by atoms with E-state index in [1.807, 2.05) is 30.3 Å². The first-order valence-corrected chi connectivity index (χ1v) is 4.45. The molecule has 1 N–H and O–H groups in total. The molecule has 1 amide bonds. The average Bonchev–Trinajstić information content (AvgIpc) is 2.06. The molecule has 0 heterocycles. The topological polar surface area (TPSA) is 29.1 Å². The molecule has 0 bridgehead atoms. The molecule has 1 rings (SSSR count). The fourth-order valence-electron chi connectivity index (χ4n) is 0.728. The lowest BCUT2D eigenvalue weighted by Gasteiger charge is -2.05. The molecule has 0 unspecified atom stereocenters. The smallest absolute Gasteiger partial charge is 0.247 e. The van der Waals surface area contributed by atoms with E-state index in [1.165, 1.54) is 0 Å². The van der Waals surface area contributed by atoms with Crippen LogP contribution in [-0.2, 0) is 4.79 Å². The van der Waals surface area contributed by atoms with E-state index >= 15 is 0 Å². The summed E-state index contributed by atoms with van der Waals surface area (Å²) in [4.78, 5) is 11.0. The van der Waals surface area contributed by atoms with Crippen molar-refractivity contribution < 1.29 is 4.79 Å². The number of benzene rings is 1. The number of thiol groups is 2. The molecule has 0 aromatic heterocycles. The summed E-state index contributed by atoms with van der Waals surface area (Å²) in [6.07, 6.45) is 0. The highest BCUT2D eigenvalue weighted by atomic mass is 32.2. The molecular weight excluding hydrogens is 190 g/mol. The van der Waals surface area contributed by atoms with E-state index in [9.17, 15) is 4.79 Å². The van der Waals surface area contributed by atoms with E-state index in [2.05, 4.69) is 30.6 Å². The average molecular weight is 199 g/mol. The molecule has 0 atom stereocenters. The number of amides is 1. The largest absolute Gasteiger partial charge is 0.324 e. The Morgan fingerprint density at radius 1 is 1.25 bits per heavy atom. The van der Waals surface area contributed by atoms with Crippen LogP contribution in [0.4, 0.5) is 5.69 Å². The van der Waals surface area contributed by atoms with Gasteiger partial charge >= 0.3 is 0 Å². The second-order valence-electron chi connectivity index (χ2n) is 2.23. The Morgan fingerprint density at radius 2 is 1.83 bits per heavy atom. The van der Waals surface area contributed by atoms with E-state index in [0.29, 0.717) is 0 Å². The van der Waals surface area contributed by atoms with Crippen LogP contribution in [-0.4, -0.2) is 10.5 Å². The first kappa shape index (κ1) is 9.48. The van der Waals surface area contributed by atoms with Crippen LogP contribution in [0.1, 0.15) is 0 Å². The molecule has 0 aliphatic heterocycles. The van der Waals surface area contributed by atoms with Crippen molar-refractivity contribution in [3.05, 3.63) is 30.3 Å². The minimum atomic E-state index is -0.579. The number of para-hydroxylation sites is 1. The van der Waals surface area contributed by atoms with Crippen molar-refractivity contribution in [1.29, 1.82) is 0 Å². The zero-order valence-electron chi connectivity index (χ0n) is 6.27. The first-order chi connectivity index (χ1) is 5.70. The van der Waals surface area contributed by atoms with E-state index < -0.39 is 4.58 Å². The highest BCUT2D eigenvalue weighted by molar-refractivity contribution is 8.00. The van der Waals surface area contributed by atoms with Crippen LogP contribution in [0, 0.1) is 0 Å². The van der Waals surface area contributed by atoms with E-state index in [4.69, 9.17) is 0 Å². The Kier molecular flexibility index (Phi) is 3.49. The molecule has 12 heavy (non-hydrogen) atoms. The number of carbonyl (C=O) groups excluding carboxylic acids is 1. The van der Waals surface area contributed by atoms with Gasteiger partial charge in [0.1, 0.15) is 4.58 Å². The molecule has 1 aromatic carbocycles. The second-order valence-corrected chi connectivity index (χ2v) is 3.67. The van der Waals surface area contributed by atoms with Crippen LogP contribution in [0.2, 0.25) is 0 Å². The quantitative estimate of drug-likeness (QED) is 0.492. The Labute approximate surface area is 82.2 Å². The molecule has 1 aromatic rings. The van der Waals surface area contributed by atoms with Gasteiger partial charge in [0.25, 0.3) is 0 Å². The van der Waals surface area contributed by atoms with Gasteiger partial charge in [-0.2, -0.15) is 25.3 Å². The number of anilines is 1. The van der Waals surface area contributed by atoms with Crippen LogP contribution < -0.4 is 5.32 Å².